The highest BCUT2D eigenvalue weighted by Crippen LogP contribution is 2.14. The van der Waals surface area contributed by atoms with Crippen molar-refractivity contribution in [2.45, 2.75) is 0 Å². The third-order valence-electron chi connectivity index (χ3n) is 2.97. The summed E-state index contributed by atoms with van der Waals surface area (Å²) < 4.78 is 6.87. The van der Waals surface area contributed by atoms with Crippen molar-refractivity contribution in [1.82, 2.24) is 30.4 Å². The van der Waals surface area contributed by atoms with E-state index in [0.29, 0.717) is 18.8 Å². The van der Waals surface area contributed by atoms with Crippen molar-refractivity contribution in [2.24, 2.45) is 0 Å². The van der Waals surface area contributed by atoms with Crippen LogP contribution in [0.15, 0.2) is 30.6 Å². The van der Waals surface area contributed by atoms with E-state index in [1.807, 2.05) is 0 Å². The lowest BCUT2D eigenvalue weighted by molar-refractivity contribution is -0.129. The Balaban J connectivity index is 1.58. The monoisotopic (exact) mass is 288 g/mol. The average molecular weight is 288 g/mol. The zero-order valence-electron chi connectivity index (χ0n) is 11.0. The van der Waals surface area contributed by atoms with Gasteiger partial charge in [-0.05, 0) is 34.7 Å². The Labute approximate surface area is 119 Å². The van der Waals surface area contributed by atoms with Crippen LogP contribution >= 0.6 is 0 Å². The molecule has 2 aromatic rings. The molecule has 0 radical (unpaired) electrons. The van der Waals surface area contributed by atoms with E-state index in [4.69, 9.17) is 4.74 Å². The van der Waals surface area contributed by atoms with E-state index in [2.05, 4.69) is 20.8 Å². The summed E-state index contributed by atoms with van der Waals surface area (Å²) >= 11 is 0. The molecule has 9 heteroatoms. The highest BCUT2D eigenvalue weighted by molar-refractivity contribution is 5.96. The van der Waals surface area contributed by atoms with E-state index in [9.17, 15) is 9.59 Å². The maximum absolute atomic E-state index is 11.8. The van der Waals surface area contributed by atoms with Crippen molar-refractivity contribution in [1.29, 1.82) is 0 Å². The fourth-order valence-corrected chi connectivity index (χ4v) is 1.91. The molecule has 9 nitrogen and oxygen atoms in total. The number of carbonyl (C=O) groups is 2. The van der Waals surface area contributed by atoms with Crippen LogP contribution in [0.3, 0.4) is 0 Å². The van der Waals surface area contributed by atoms with Gasteiger partial charge in [-0.2, -0.15) is 0 Å². The minimum Gasteiger partial charge on any atom is -0.484 e. The number of amides is 3. The van der Waals surface area contributed by atoms with E-state index in [0.717, 1.165) is 10.6 Å². The van der Waals surface area contributed by atoms with Crippen LogP contribution in [0.4, 0.5) is 4.79 Å². The Kier molecular flexibility index (Phi) is 3.46. The minimum atomic E-state index is -0.377. The summed E-state index contributed by atoms with van der Waals surface area (Å²) in [5, 5.41) is 13.4. The van der Waals surface area contributed by atoms with Crippen molar-refractivity contribution in [3.63, 3.8) is 0 Å². The van der Waals surface area contributed by atoms with Crippen molar-refractivity contribution in [2.75, 3.05) is 19.7 Å². The molecule has 21 heavy (non-hydrogen) atoms. The molecule has 1 N–H and O–H groups in total. The second kappa shape index (κ2) is 5.57. The van der Waals surface area contributed by atoms with Crippen LogP contribution in [0, 0.1) is 0 Å². The summed E-state index contributed by atoms with van der Waals surface area (Å²) in [7, 11) is 0. The first-order valence-electron chi connectivity index (χ1n) is 6.28. The van der Waals surface area contributed by atoms with Crippen LogP contribution in [-0.4, -0.2) is 56.7 Å². The van der Waals surface area contributed by atoms with Crippen LogP contribution in [0.1, 0.15) is 0 Å². The number of imide groups is 1. The van der Waals surface area contributed by atoms with Crippen LogP contribution in [0.25, 0.3) is 5.69 Å². The Hall–Kier alpha value is -2.97. The van der Waals surface area contributed by atoms with Gasteiger partial charge in [0.05, 0.1) is 5.69 Å². The van der Waals surface area contributed by atoms with Crippen LogP contribution in [-0.2, 0) is 4.79 Å². The first-order valence-corrected chi connectivity index (χ1v) is 6.28. The van der Waals surface area contributed by atoms with Gasteiger partial charge in [0.15, 0.2) is 6.61 Å². The Bertz CT molecular complexity index is 640. The molecular formula is C12H12N6O3. The highest BCUT2D eigenvalue weighted by Gasteiger charge is 2.26. The van der Waals surface area contributed by atoms with Gasteiger partial charge in [0, 0.05) is 13.1 Å². The summed E-state index contributed by atoms with van der Waals surface area (Å²) in [4.78, 5) is 24.2. The first-order chi connectivity index (χ1) is 10.2. The average Bonchev–Trinajstić information content (AvgIpc) is 3.16. The number of hydrogen-bond donors (Lipinski definition) is 1. The molecule has 3 amide bonds. The zero-order chi connectivity index (χ0) is 14.7. The number of rotatable bonds is 4. The fraction of sp³-hybridized carbons (Fsp3) is 0.250. The SMILES string of the molecule is O=C(COc1ccc(-n2cnnn2)cc1)N1CCNC1=O. The Morgan fingerprint density at radius 3 is 2.76 bits per heavy atom. The number of hydrogen-bond acceptors (Lipinski definition) is 6. The van der Waals surface area contributed by atoms with E-state index >= 15 is 0 Å². The molecule has 0 saturated carbocycles. The standard InChI is InChI=1S/C12H12N6O3/c19-11(17-6-5-13-12(17)20)7-21-10-3-1-9(2-4-10)18-8-14-15-16-18/h1-4,8H,5-7H2,(H,13,20). The summed E-state index contributed by atoms with van der Waals surface area (Å²) in [5.41, 5.74) is 0.776. The molecule has 0 bridgehead atoms. The lowest BCUT2D eigenvalue weighted by Gasteiger charge is -2.12. The summed E-state index contributed by atoms with van der Waals surface area (Å²) in [6, 6.07) is 6.55. The molecule has 1 aromatic carbocycles. The van der Waals surface area contributed by atoms with Crippen molar-refractivity contribution in [3.8, 4) is 11.4 Å². The topological polar surface area (TPSA) is 102 Å². The van der Waals surface area contributed by atoms with Crippen LogP contribution < -0.4 is 10.1 Å². The maximum Gasteiger partial charge on any atom is 0.324 e. The van der Waals surface area contributed by atoms with Gasteiger partial charge >= 0.3 is 6.03 Å². The molecule has 0 spiro atoms. The van der Waals surface area contributed by atoms with Gasteiger partial charge in [0.1, 0.15) is 12.1 Å². The van der Waals surface area contributed by atoms with Gasteiger partial charge in [-0.25, -0.2) is 9.48 Å². The molecule has 1 saturated heterocycles. The number of aromatic nitrogens is 4. The van der Waals surface area contributed by atoms with Gasteiger partial charge in [-0.15, -0.1) is 5.10 Å². The number of carbonyl (C=O) groups excluding carboxylic acids is 2. The van der Waals surface area contributed by atoms with Crippen LogP contribution in [0.5, 0.6) is 5.75 Å². The predicted molar refractivity (Wildman–Crippen MR) is 69.8 cm³/mol. The predicted octanol–water partition coefficient (Wildman–Crippen LogP) is -0.407. The highest BCUT2D eigenvalue weighted by atomic mass is 16.5. The summed E-state index contributed by atoms with van der Waals surface area (Å²) in [6.07, 6.45) is 1.48. The van der Waals surface area contributed by atoms with Gasteiger partial charge in [-0.1, -0.05) is 0 Å². The lowest BCUT2D eigenvalue weighted by Crippen LogP contribution is -2.37. The van der Waals surface area contributed by atoms with Crippen molar-refractivity contribution < 1.29 is 14.3 Å². The quantitative estimate of drug-likeness (QED) is 0.820. The second-order valence-electron chi connectivity index (χ2n) is 4.31. The van der Waals surface area contributed by atoms with Crippen molar-refractivity contribution in [3.05, 3.63) is 30.6 Å². The number of tetrazole rings is 1. The smallest absolute Gasteiger partial charge is 0.324 e. The lowest BCUT2D eigenvalue weighted by atomic mass is 10.3. The van der Waals surface area contributed by atoms with Gasteiger partial charge < -0.3 is 10.1 Å². The van der Waals surface area contributed by atoms with Gasteiger partial charge in [0.25, 0.3) is 5.91 Å². The molecule has 3 rings (SSSR count). The first kappa shape index (κ1) is 13.0. The molecule has 0 unspecified atom stereocenters. The normalized spacial score (nSPS) is 14.1. The molecular weight excluding hydrogens is 276 g/mol. The number of nitrogens with one attached hydrogen (secondary N) is 1. The molecule has 1 aliphatic rings. The Morgan fingerprint density at radius 1 is 1.33 bits per heavy atom. The third-order valence-corrected chi connectivity index (χ3v) is 2.97. The molecule has 1 aromatic heterocycles. The second-order valence-corrected chi connectivity index (χ2v) is 4.31. The largest absolute Gasteiger partial charge is 0.484 e. The summed E-state index contributed by atoms with van der Waals surface area (Å²) in [6.45, 7) is 0.669. The zero-order valence-corrected chi connectivity index (χ0v) is 11.0. The third kappa shape index (κ3) is 2.81. The van der Waals surface area contributed by atoms with E-state index in [-0.39, 0.29) is 18.5 Å². The fourth-order valence-electron chi connectivity index (χ4n) is 1.91. The Morgan fingerprint density at radius 2 is 2.14 bits per heavy atom. The number of nitrogens with zero attached hydrogens (tertiary/aromatic N) is 5. The molecule has 108 valence electrons. The number of urea groups is 1. The molecule has 1 fully saturated rings. The molecule has 2 heterocycles. The van der Waals surface area contributed by atoms with Crippen LogP contribution in [0.2, 0.25) is 0 Å². The number of benzene rings is 1. The van der Waals surface area contributed by atoms with E-state index in [1.165, 1.54) is 11.0 Å². The van der Waals surface area contributed by atoms with Gasteiger partial charge in [0.2, 0.25) is 0 Å². The molecule has 0 atom stereocenters. The minimum absolute atomic E-state index is 0.183. The van der Waals surface area contributed by atoms with E-state index < -0.39 is 0 Å². The van der Waals surface area contributed by atoms with Crippen molar-refractivity contribution >= 4 is 11.9 Å². The number of ether oxygens (including phenoxy) is 1. The molecule has 0 aliphatic carbocycles. The van der Waals surface area contributed by atoms with E-state index in [1.54, 1.807) is 24.3 Å². The van der Waals surface area contributed by atoms with Gasteiger partial charge in [-0.3, -0.25) is 9.69 Å². The molecule has 1 aliphatic heterocycles. The maximum atomic E-state index is 11.8. The summed E-state index contributed by atoms with van der Waals surface area (Å²) in [5.74, 6) is 0.161.